The van der Waals surface area contributed by atoms with Crippen molar-refractivity contribution in [3.05, 3.63) is 70.5 Å². The second-order valence-electron chi connectivity index (χ2n) is 8.18. The van der Waals surface area contributed by atoms with Gasteiger partial charge in [0.15, 0.2) is 0 Å². The Balaban J connectivity index is 1.75. The zero-order valence-electron chi connectivity index (χ0n) is 18.7. The fourth-order valence-electron chi connectivity index (χ4n) is 4.35. The maximum atomic E-state index is 13.6. The summed E-state index contributed by atoms with van der Waals surface area (Å²) in [6.07, 6.45) is 0. The molecule has 1 amide bonds. The van der Waals surface area contributed by atoms with E-state index in [1.807, 2.05) is 0 Å². The first-order valence-electron chi connectivity index (χ1n) is 10.9. The van der Waals surface area contributed by atoms with Crippen LogP contribution in [0, 0.1) is 12.7 Å². The fourth-order valence-corrected chi connectivity index (χ4v) is 4.35. The van der Waals surface area contributed by atoms with Crippen LogP contribution in [0.1, 0.15) is 22.7 Å². The van der Waals surface area contributed by atoms with Crippen LogP contribution in [0.25, 0.3) is 5.76 Å². The maximum Gasteiger partial charge on any atom is 0.295 e. The summed E-state index contributed by atoms with van der Waals surface area (Å²) in [4.78, 5) is 29.8. The summed E-state index contributed by atoms with van der Waals surface area (Å²) in [5.74, 6) is -1.49. The number of carbonyl (C=O) groups excluding carboxylic acids is 2. The van der Waals surface area contributed by atoms with Gasteiger partial charge in [0.25, 0.3) is 11.7 Å². The molecule has 2 aliphatic heterocycles. The number of aliphatic hydroxyl groups is 1. The molecule has 0 spiro atoms. The Hall–Kier alpha value is -3.23. The standard InChI is InChI=1S/C25H27FN2O5/c1-16-15-19(32-2)7-8-20(16)23(29)21-22(17-3-5-18(26)6-4-17)28(25(31)24(21)30)10-9-27-11-13-33-14-12-27/h3-8,15,22,29H,9-14H2,1-2H3. The Morgan fingerprint density at radius 1 is 1.12 bits per heavy atom. The van der Waals surface area contributed by atoms with Crippen LogP contribution in [0.5, 0.6) is 5.75 Å². The fraction of sp³-hybridized carbons (Fsp3) is 0.360. The predicted octanol–water partition coefficient (Wildman–Crippen LogP) is 2.90. The Labute approximate surface area is 192 Å². The van der Waals surface area contributed by atoms with Crippen LogP contribution in [-0.4, -0.2) is 73.1 Å². The molecule has 8 heteroatoms. The summed E-state index contributed by atoms with van der Waals surface area (Å²) >= 11 is 0. The van der Waals surface area contributed by atoms with Gasteiger partial charge >= 0.3 is 0 Å². The van der Waals surface area contributed by atoms with Crippen molar-refractivity contribution < 1.29 is 28.6 Å². The number of rotatable bonds is 6. The van der Waals surface area contributed by atoms with Gasteiger partial charge < -0.3 is 19.5 Å². The first-order valence-corrected chi connectivity index (χ1v) is 10.9. The van der Waals surface area contributed by atoms with Crippen LogP contribution >= 0.6 is 0 Å². The number of ketones is 1. The molecule has 1 unspecified atom stereocenters. The number of hydrogen-bond donors (Lipinski definition) is 1. The molecule has 2 aliphatic rings. The van der Waals surface area contributed by atoms with Gasteiger partial charge in [0.2, 0.25) is 0 Å². The van der Waals surface area contributed by atoms with E-state index in [4.69, 9.17) is 9.47 Å². The summed E-state index contributed by atoms with van der Waals surface area (Å²) in [6.45, 7) is 5.39. The highest BCUT2D eigenvalue weighted by atomic mass is 19.1. The molecule has 0 saturated carbocycles. The lowest BCUT2D eigenvalue weighted by molar-refractivity contribution is -0.140. The van der Waals surface area contributed by atoms with E-state index in [1.165, 1.54) is 17.0 Å². The van der Waals surface area contributed by atoms with Gasteiger partial charge in [-0.1, -0.05) is 12.1 Å². The van der Waals surface area contributed by atoms with E-state index < -0.39 is 23.5 Å². The van der Waals surface area contributed by atoms with Gasteiger partial charge in [0.05, 0.1) is 31.9 Å². The van der Waals surface area contributed by atoms with Crippen molar-refractivity contribution in [1.29, 1.82) is 0 Å². The Bertz CT molecular complexity index is 1080. The second-order valence-corrected chi connectivity index (χ2v) is 8.18. The molecule has 2 saturated heterocycles. The highest BCUT2D eigenvalue weighted by Crippen LogP contribution is 2.40. The zero-order chi connectivity index (χ0) is 23.5. The van der Waals surface area contributed by atoms with E-state index in [1.54, 1.807) is 44.4 Å². The maximum absolute atomic E-state index is 13.6. The Morgan fingerprint density at radius 2 is 1.82 bits per heavy atom. The second kappa shape index (κ2) is 9.72. The predicted molar refractivity (Wildman–Crippen MR) is 120 cm³/mol. The number of benzene rings is 2. The highest BCUT2D eigenvalue weighted by molar-refractivity contribution is 6.46. The number of Topliss-reactive ketones (excluding diaryl/α,β-unsaturated/α-hetero) is 1. The van der Waals surface area contributed by atoms with Crippen molar-refractivity contribution in [2.45, 2.75) is 13.0 Å². The normalized spacial score (nSPS) is 20.9. The van der Waals surface area contributed by atoms with Crippen molar-refractivity contribution in [3.8, 4) is 5.75 Å². The molecule has 0 radical (unpaired) electrons. The van der Waals surface area contributed by atoms with Crippen LogP contribution in [0.15, 0.2) is 48.0 Å². The number of ether oxygens (including phenoxy) is 2. The SMILES string of the molecule is COc1ccc(C(O)=C2C(=O)C(=O)N(CCN3CCOCC3)C2c2ccc(F)cc2)c(C)c1. The number of methoxy groups -OCH3 is 1. The van der Waals surface area contributed by atoms with Gasteiger partial charge in [-0.3, -0.25) is 14.5 Å². The summed E-state index contributed by atoms with van der Waals surface area (Å²) in [6, 6.07) is 9.94. The van der Waals surface area contributed by atoms with Crippen LogP contribution in [0.4, 0.5) is 4.39 Å². The van der Waals surface area contributed by atoms with Gasteiger partial charge in [-0.15, -0.1) is 0 Å². The van der Waals surface area contributed by atoms with Crippen LogP contribution in [0.3, 0.4) is 0 Å². The molecule has 2 aromatic rings. The van der Waals surface area contributed by atoms with Crippen LogP contribution in [0.2, 0.25) is 0 Å². The van der Waals surface area contributed by atoms with Gasteiger partial charge in [-0.05, 0) is 48.4 Å². The molecule has 0 aromatic heterocycles. The molecule has 0 bridgehead atoms. The third-order valence-corrected chi connectivity index (χ3v) is 6.18. The largest absolute Gasteiger partial charge is 0.507 e. The first kappa shape index (κ1) is 22.9. The van der Waals surface area contributed by atoms with Crippen molar-refractivity contribution in [2.24, 2.45) is 0 Å². The Morgan fingerprint density at radius 3 is 2.45 bits per heavy atom. The number of amides is 1. The molecule has 0 aliphatic carbocycles. The molecule has 174 valence electrons. The van der Waals surface area contributed by atoms with Gasteiger partial charge in [-0.25, -0.2) is 4.39 Å². The van der Waals surface area contributed by atoms with Crippen molar-refractivity contribution in [2.75, 3.05) is 46.5 Å². The smallest absolute Gasteiger partial charge is 0.295 e. The molecule has 33 heavy (non-hydrogen) atoms. The van der Waals surface area contributed by atoms with Crippen molar-refractivity contribution in [1.82, 2.24) is 9.80 Å². The minimum atomic E-state index is -0.812. The molecular formula is C25H27FN2O5. The van der Waals surface area contributed by atoms with E-state index in [0.717, 1.165) is 13.1 Å². The van der Waals surface area contributed by atoms with E-state index in [9.17, 15) is 19.1 Å². The Kier molecular flexibility index (Phi) is 6.76. The molecule has 2 fully saturated rings. The van der Waals surface area contributed by atoms with Gasteiger partial charge in [-0.2, -0.15) is 0 Å². The minimum Gasteiger partial charge on any atom is -0.507 e. The topological polar surface area (TPSA) is 79.3 Å². The number of hydrogen-bond acceptors (Lipinski definition) is 6. The van der Waals surface area contributed by atoms with E-state index >= 15 is 0 Å². The summed E-state index contributed by atoms with van der Waals surface area (Å²) < 4.78 is 24.2. The number of aliphatic hydroxyl groups excluding tert-OH is 1. The average molecular weight is 454 g/mol. The quantitative estimate of drug-likeness (QED) is 0.411. The van der Waals surface area contributed by atoms with Crippen molar-refractivity contribution in [3.63, 3.8) is 0 Å². The molecular weight excluding hydrogens is 427 g/mol. The molecule has 7 nitrogen and oxygen atoms in total. The summed E-state index contributed by atoms with van der Waals surface area (Å²) in [7, 11) is 1.54. The van der Waals surface area contributed by atoms with Gasteiger partial charge in [0, 0.05) is 31.7 Å². The van der Waals surface area contributed by atoms with Crippen LogP contribution < -0.4 is 4.74 Å². The average Bonchev–Trinajstić information content (AvgIpc) is 3.08. The third-order valence-electron chi connectivity index (χ3n) is 6.18. The van der Waals surface area contributed by atoms with Crippen LogP contribution in [-0.2, 0) is 14.3 Å². The number of morpholine rings is 1. The lowest BCUT2D eigenvalue weighted by atomic mass is 9.94. The lowest BCUT2D eigenvalue weighted by Crippen LogP contribution is -2.42. The zero-order valence-corrected chi connectivity index (χ0v) is 18.7. The molecule has 2 aromatic carbocycles. The molecule has 1 atom stereocenters. The summed E-state index contributed by atoms with van der Waals surface area (Å²) in [5.41, 5.74) is 1.70. The number of halogens is 1. The number of nitrogens with zero attached hydrogens (tertiary/aromatic N) is 2. The van der Waals surface area contributed by atoms with Gasteiger partial charge in [0.1, 0.15) is 17.3 Å². The minimum absolute atomic E-state index is 0.00172. The van der Waals surface area contributed by atoms with E-state index in [-0.39, 0.29) is 11.3 Å². The highest BCUT2D eigenvalue weighted by Gasteiger charge is 2.46. The van der Waals surface area contributed by atoms with E-state index in [2.05, 4.69) is 4.90 Å². The molecule has 2 heterocycles. The van der Waals surface area contributed by atoms with E-state index in [0.29, 0.717) is 48.7 Å². The number of aryl methyl sites for hydroxylation is 1. The monoisotopic (exact) mass is 454 g/mol. The number of likely N-dealkylation sites (tertiary alicyclic amines) is 1. The molecule has 1 N–H and O–H groups in total. The third kappa shape index (κ3) is 4.62. The number of carbonyl (C=O) groups is 2. The lowest BCUT2D eigenvalue weighted by Gasteiger charge is -2.31. The molecule has 4 rings (SSSR count). The van der Waals surface area contributed by atoms with Crippen molar-refractivity contribution >= 4 is 17.4 Å². The first-order chi connectivity index (χ1) is 15.9. The summed E-state index contributed by atoms with van der Waals surface area (Å²) in [5, 5.41) is 11.2.